The molecule has 1 aromatic heterocycles. The van der Waals surface area contributed by atoms with Crippen molar-refractivity contribution in [2.45, 2.75) is 32.4 Å². The quantitative estimate of drug-likeness (QED) is 0.722. The number of hydrogen-bond acceptors (Lipinski definition) is 4. The van der Waals surface area contributed by atoms with Gasteiger partial charge in [0.15, 0.2) is 0 Å². The van der Waals surface area contributed by atoms with E-state index in [1.807, 2.05) is 24.3 Å². The van der Waals surface area contributed by atoms with Crippen molar-refractivity contribution in [2.75, 3.05) is 11.1 Å². The van der Waals surface area contributed by atoms with Crippen LogP contribution in [0.15, 0.2) is 30.5 Å². The number of pyridine rings is 1. The second-order valence-electron chi connectivity index (χ2n) is 5.87. The minimum absolute atomic E-state index is 0.115. The van der Waals surface area contributed by atoms with Gasteiger partial charge in [0.1, 0.15) is 0 Å². The monoisotopic (exact) mass is 257 g/mol. The third-order valence-corrected chi connectivity index (χ3v) is 4.37. The van der Waals surface area contributed by atoms with E-state index >= 15 is 0 Å². The average Bonchev–Trinajstić information content (AvgIpc) is 2.41. The predicted molar refractivity (Wildman–Crippen MR) is 78.0 cm³/mol. The molecule has 1 aliphatic carbocycles. The Morgan fingerprint density at radius 1 is 1.37 bits per heavy atom. The molecule has 2 unspecified atom stereocenters. The number of nitrogen functional groups attached to an aromatic ring is 1. The first kappa shape index (κ1) is 12.2. The summed E-state index contributed by atoms with van der Waals surface area (Å²) in [5, 5.41) is 14.2. The number of aromatic nitrogens is 1. The molecule has 1 aliphatic rings. The van der Waals surface area contributed by atoms with Gasteiger partial charge in [-0.25, -0.2) is 0 Å². The first-order valence-corrected chi connectivity index (χ1v) is 6.58. The number of aliphatic hydroxyl groups is 1. The Balaban J connectivity index is 1.92. The van der Waals surface area contributed by atoms with Crippen LogP contribution in [0.1, 0.15) is 20.3 Å². The Bertz CT molecular complexity index is 624. The summed E-state index contributed by atoms with van der Waals surface area (Å²) in [6, 6.07) is 8.05. The molecule has 4 N–H and O–H groups in total. The van der Waals surface area contributed by atoms with Gasteiger partial charge in [-0.05, 0) is 30.7 Å². The Morgan fingerprint density at radius 3 is 2.84 bits per heavy atom. The van der Waals surface area contributed by atoms with Crippen LogP contribution in [0.2, 0.25) is 0 Å². The number of anilines is 2. The average molecular weight is 257 g/mol. The van der Waals surface area contributed by atoms with Crippen LogP contribution in [0.25, 0.3) is 10.9 Å². The van der Waals surface area contributed by atoms with Gasteiger partial charge < -0.3 is 16.2 Å². The highest BCUT2D eigenvalue weighted by atomic mass is 16.3. The van der Waals surface area contributed by atoms with Gasteiger partial charge in [0, 0.05) is 23.0 Å². The fourth-order valence-electron chi connectivity index (χ4n) is 2.64. The van der Waals surface area contributed by atoms with Gasteiger partial charge in [-0.3, -0.25) is 4.98 Å². The van der Waals surface area contributed by atoms with Crippen LogP contribution in [0, 0.1) is 5.41 Å². The van der Waals surface area contributed by atoms with Gasteiger partial charge in [-0.15, -0.1) is 0 Å². The third kappa shape index (κ3) is 1.83. The standard InChI is InChI=1S/C15H19N3O/c1-15(2)12(8-13(15)19)18-11-6-5-10-9(14(11)16)4-3-7-17-10/h3-7,12-13,18-19H,8,16H2,1-2H3. The molecule has 1 aromatic carbocycles. The maximum absolute atomic E-state index is 9.78. The normalized spacial score (nSPS) is 25.0. The van der Waals surface area contributed by atoms with Crippen molar-refractivity contribution in [3.63, 3.8) is 0 Å². The Kier molecular flexibility index (Phi) is 2.64. The summed E-state index contributed by atoms with van der Waals surface area (Å²) in [5.74, 6) is 0. The zero-order valence-corrected chi connectivity index (χ0v) is 11.2. The number of aliphatic hydroxyl groups excluding tert-OH is 1. The van der Waals surface area contributed by atoms with Gasteiger partial charge in [-0.2, -0.15) is 0 Å². The van der Waals surface area contributed by atoms with E-state index in [-0.39, 0.29) is 17.6 Å². The molecule has 4 heteroatoms. The number of hydrogen-bond donors (Lipinski definition) is 3. The summed E-state index contributed by atoms with van der Waals surface area (Å²) < 4.78 is 0. The van der Waals surface area contributed by atoms with Gasteiger partial charge >= 0.3 is 0 Å². The molecule has 0 amide bonds. The van der Waals surface area contributed by atoms with E-state index in [1.54, 1.807) is 6.20 Å². The lowest BCUT2D eigenvalue weighted by atomic mass is 9.64. The zero-order chi connectivity index (χ0) is 13.6. The van der Waals surface area contributed by atoms with Gasteiger partial charge in [0.25, 0.3) is 0 Å². The van der Waals surface area contributed by atoms with Crippen LogP contribution in [0.4, 0.5) is 11.4 Å². The lowest BCUT2D eigenvalue weighted by Crippen LogP contribution is -2.56. The first-order valence-electron chi connectivity index (χ1n) is 6.58. The van der Waals surface area contributed by atoms with Crippen LogP contribution in [0.5, 0.6) is 0 Å². The number of nitrogens with zero attached hydrogens (tertiary/aromatic N) is 1. The molecular formula is C15H19N3O. The van der Waals surface area contributed by atoms with E-state index in [0.717, 1.165) is 28.7 Å². The molecular weight excluding hydrogens is 238 g/mol. The second kappa shape index (κ2) is 4.10. The lowest BCUT2D eigenvalue weighted by Gasteiger charge is -2.50. The number of nitrogens with one attached hydrogen (secondary N) is 1. The second-order valence-corrected chi connectivity index (χ2v) is 5.87. The highest BCUT2D eigenvalue weighted by Gasteiger charge is 2.47. The largest absolute Gasteiger partial charge is 0.397 e. The molecule has 0 radical (unpaired) electrons. The fourth-order valence-corrected chi connectivity index (χ4v) is 2.64. The van der Waals surface area contributed by atoms with Crippen molar-refractivity contribution in [1.82, 2.24) is 4.98 Å². The van der Waals surface area contributed by atoms with Gasteiger partial charge in [-0.1, -0.05) is 13.8 Å². The van der Waals surface area contributed by atoms with Crippen molar-refractivity contribution in [3.05, 3.63) is 30.5 Å². The van der Waals surface area contributed by atoms with Crippen molar-refractivity contribution in [2.24, 2.45) is 5.41 Å². The Labute approximate surface area is 112 Å². The maximum atomic E-state index is 9.78. The first-order chi connectivity index (χ1) is 9.00. The molecule has 2 aromatic rings. The van der Waals surface area contributed by atoms with Gasteiger partial charge in [0.05, 0.1) is 23.0 Å². The summed E-state index contributed by atoms with van der Waals surface area (Å²) in [6.45, 7) is 4.13. The molecule has 100 valence electrons. The van der Waals surface area contributed by atoms with Crippen molar-refractivity contribution < 1.29 is 5.11 Å². The SMILES string of the molecule is CC1(C)C(O)CC1Nc1ccc2ncccc2c1N. The Hall–Kier alpha value is -1.81. The number of benzene rings is 1. The number of fused-ring (bicyclic) bond motifs is 1. The van der Waals surface area contributed by atoms with E-state index < -0.39 is 0 Å². The molecule has 4 nitrogen and oxygen atoms in total. The van der Waals surface area contributed by atoms with Crippen molar-refractivity contribution in [3.8, 4) is 0 Å². The smallest absolute Gasteiger partial charge is 0.0724 e. The van der Waals surface area contributed by atoms with Crippen LogP contribution in [0.3, 0.4) is 0 Å². The lowest BCUT2D eigenvalue weighted by molar-refractivity contribution is -0.0510. The maximum Gasteiger partial charge on any atom is 0.0724 e. The van der Waals surface area contributed by atoms with E-state index in [1.165, 1.54) is 0 Å². The minimum Gasteiger partial charge on any atom is -0.397 e. The summed E-state index contributed by atoms with van der Waals surface area (Å²) in [7, 11) is 0. The topological polar surface area (TPSA) is 71.2 Å². The molecule has 1 heterocycles. The molecule has 3 rings (SSSR count). The molecule has 0 spiro atoms. The van der Waals surface area contributed by atoms with E-state index in [9.17, 15) is 5.11 Å². The molecule has 1 saturated carbocycles. The Morgan fingerprint density at radius 2 is 2.16 bits per heavy atom. The summed E-state index contributed by atoms with van der Waals surface area (Å²) in [6.07, 6.45) is 2.28. The predicted octanol–water partition coefficient (Wildman–Crippen LogP) is 2.39. The molecule has 1 fully saturated rings. The van der Waals surface area contributed by atoms with Crippen LogP contribution >= 0.6 is 0 Å². The highest BCUT2D eigenvalue weighted by molar-refractivity contribution is 5.96. The van der Waals surface area contributed by atoms with Gasteiger partial charge in [0.2, 0.25) is 0 Å². The summed E-state index contributed by atoms with van der Waals surface area (Å²) in [5.41, 5.74) is 8.64. The molecule has 0 aliphatic heterocycles. The van der Waals surface area contributed by atoms with E-state index in [0.29, 0.717) is 0 Å². The summed E-state index contributed by atoms with van der Waals surface area (Å²) >= 11 is 0. The molecule has 2 atom stereocenters. The molecule has 0 saturated heterocycles. The molecule has 19 heavy (non-hydrogen) atoms. The van der Waals surface area contributed by atoms with Crippen LogP contribution in [-0.2, 0) is 0 Å². The van der Waals surface area contributed by atoms with E-state index in [4.69, 9.17) is 5.73 Å². The molecule has 0 bridgehead atoms. The number of rotatable bonds is 2. The van der Waals surface area contributed by atoms with Crippen molar-refractivity contribution in [1.29, 1.82) is 0 Å². The minimum atomic E-state index is -0.242. The third-order valence-electron chi connectivity index (χ3n) is 4.37. The zero-order valence-electron chi connectivity index (χ0n) is 11.2. The van der Waals surface area contributed by atoms with Crippen molar-refractivity contribution >= 4 is 22.3 Å². The van der Waals surface area contributed by atoms with Crippen LogP contribution < -0.4 is 11.1 Å². The van der Waals surface area contributed by atoms with E-state index in [2.05, 4.69) is 24.1 Å². The summed E-state index contributed by atoms with van der Waals surface area (Å²) in [4.78, 5) is 4.29. The van der Waals surface area contributed by atoms with Crippen LogP contribution in [-0.4, -0.2) is 22.2 Å². The highest BCUT2D eigenvalue weighted by Crippen LogP contribution is 2.43. The fraction of sp³-hybridized carbons (Fsp3) is 0.400. The number of nitrogens with two attached hydrogens (primary N) is 1.